The average molecular weight is 987 g/mol. The van der Waals surface area contributed by atoms with Crippen LogP contribution in [0.3, 0.4) is 0 Å². The molecule has 74 heavy (non-hydrogen) atoms. The standard InChI is InChI=1S/C35H41N3O2.C31H37N3/c1-24-18-27(8-11-30-13-10-29(23-36)20-25(30)2)22-28(19-24)9-12-31-14-15-32(21-26(31)3)33-37-16-7-17-38(33)34(39)40-35(4,5)6;1-21-16-24(7-9-26-11-13-28(18-22(26)2)30-6-4-5-15-34-30)20-25(17-21)8-10-27-12-14-29(31(32)33)19-23(27)3/h10,13-15,18-22H,7-9,11-12,16-17H2,1-6H3;11-14,16-20H,4-10,15H2,1-3H3,(H3,32,33). The number of carbonyl (C=O) groups is 1. The molecule has 2 aliphatic heterocycles. The van der Waals surface area contributed by atoms with Gasteiger partial charge in [0.25, 0.3) is 0 Å². The molecule has 0 aliphatic carbocycles. The molecule has 2 aliphatic rings. The van der Waals surface area contributed by atoms with Gasteiger partial charge < -0.3 is 10.5 Å². The molecular weight excluding hydrogens is 909 g/mol. The monoisotopic (exact) mass is 987 g/mol. The van der Waals surface area contributed by atoms with E-state index in [1.807, 2.05) is 45.0 Å². The molecule has 0 radical (unpaired) electrons. The summed E-state index contributed by atoms with van der Waals surface area (Å²) < 4.78 is 5.64. The molecule has 0 saturated heterocycles. The Labute approximate surface area is 442 Å². The number of rotatable bonds is 15. The van der Waals surface area contributed by atoms with Crippen LogP contribution in [0.2, 0.25) is 0 Å². The predicted octanol–water partition coefficient (Wildman–Crippen LogP) is 13.9. The first kappa shape index (κ1) is 54.7. The molecule has 3 N–H and O–H groups in total. The van der Waals surface area contributed by atoms with E-state index in [1.54, 1.807) is 4.90 Å². The molecule has 6 aromatic rings. The zero-order valence-electron chi connectivity index (χ0n) is 45.7. The molecule has 8 heteroatoms. The second-order valence-corrected chi connectivity index (χ2v) is 21.7. The van der Waals surface area contributed by atoms with E-state index in [1.165, 1.54) is 102 Å². The molecule has 384 valence electrons. The van der Waals surface area contributed by atoms with Crippen molar-refractivity contribution < 1.29 is 9.53 Å². The number of amides is 1. The van der Waals surface area contributed by atoms with E-state index in [0.717, 1.165) is 94.0 Å². The van der Waals surface area contributed by atoms with Crippen LogP contribution < -0.4 is 5.73 Å². The number of nitrogens with two attached hydrogens (primary N) is 1. The first-order chi connectivity index (χ1) is 35.4. The van der Waals surface area contributed by atoms with Gasteiger partial charge in [0, 0.05) is 36.5 Å². The van der Waals surface area contributed by atoms with Gasteiger partial charge in [-0.3, -0.25) is 20.3 Å². The fraction of sp³-hybridized carbons (Fsp3) is 0.379. The number of aliphatic imine (C=N–C) groups is 2. The number of amidine groups is 2. The number of hydrogen-bond donors (Lipinski definition) is 2. The second kappa shape index (κ2) is 25.2. The lowest BCUT2D eigenvalue weighted by molar-refractivity contribution is 0.0363. The van der Waals surface area contributed by atoms with Crippen LogP contribution in [0.4, 0.5) is 4.79 Å². The maximum Gasteiger partial charge on any atom is 0.416 e. The van der Waals surface area contributed by atoms with Gasteiger partial charge in [-0.05, 0) is 242 Å². The third-order valence-corrected chi connectivity index (χ3v) is 14.3. The first-order valence-corrected chi connectivity index (χ1v) is 26.8. The van der Waals surface area contributed by atoms with Gasteiger partial charge in [0.05, 0.1) is 11.6 Å². The van der Waals surface area contributed by atoms with E-state index in [9.17, 15) is 4.79 Å². The van der Waals surface area contributed by atoms with Gasteiger partial charge in [0.15, 0.2) is 0 Å². The Bertz CT molecular complexity index is 3090. The van der Waals surface area contributed by atoms with Gasteiger partial charge in [0.2, 0.25) is 0 Å². The smallest absolute Gasteiger partial charge is 0.416 e. The van der Waals surface area contributed by atoms with Gasteiger partial charge in [-0.2, -0.15) is 5.26 Å². The number of nitrogen functional groups attached to an aromatic ring is 1. The topological polar surface area (TPSA) is 128 Å². The Morgan fingerprint density at radius 2 is 1.07 bits per heavy atom. The van der Waals surface area contributed by atoms with Crippen LogP contribution in [0.1, 0.15) is 147 Å². The van der Waals surface area contributed by atoms with E-state index in [4.69, 9.17) is 31.1 Å². The summed E-state index contributed by atoms with van der Waals surface area (Å²) in [5, 5.41) is 16.8. The van der Waals surface area contributed by atoms with Crippen molar-refractivity contribution in [2.45, 2.75) is 145 Å². The van der Waals surface area contributed by atoms with Crippen LogP contribution >= 0.6 is 0 Å². The quantitative estimate of drug-likeness (QED) is 0.0784. The Kier molecular flexibility index (Phi) is 18.6. The summed E-state index contributed by atoms with van der Waals surface area (Å²) in [6.07, 6.45) is 12.1. The van der Waals surface area contributed by atoms with Gasteiger partial charge in [-0.1, -0.05) is 90.0 Å². The lowest BCUT2D eigenvalue weighted by Crippen LogP contribution is -2.44. The summed E-state index contributed by atoms with van der Waals surface area (Å²) in [6.45, 7) is 20.9. The van der Waals surface area contributed by atoms with Crippen LogP contribution in [-0.4, -0.2) is 53.6 Å². The van der Waals surface area contributed by atoms with Crippen molar-refractivity contribution in [1.82, 2.24) is 4.90 Å². The fourth-order valence-corrected chi connectivity index (χ4v) is 10.3. The summed E-state index contributed by atoms with van der Waals surface area (Å²) in [4.78, 5) is 24.0. The number of carbonyl (C=O) groups excluding carboxylic acids is 1. The highest BCUT2D eigenvalue weighted by Crippen LogP contribution is 2.24. The Morgan fingerprint density at radius 1 is 0.595 bits per heavy atom. The maximum atomic E-state index is 12.8. The lowest BCUT2D eigenvalue weighted by atomic mass is 9.93. The third-order valence-electron chi connectivity index (χ3n) is 14.3. The molecule has 6 aromatic carbocycles. The molecule has 0 aromatic heterocycles. The van der Waals surface area contributed by atoms with Gasteiger partial charge >= 0.3 is 6.09 Å². The van der Waals surface area contributed by atoms with Crippen molar-refractivity contribution >= 4 is 23.5 Å². The largest absolute Gasteiger partial charge is 0.443 e. The summed E-state index contributed by atoms with van der Waals surface area (Å²) in [6, 6.07) is 41.6. The van der Waals surface area contributed by atoms with E-state index < -0.39 is 5.60 Å². The lowest BCUT2D eigenvalue weighted by Gasteiger charge is -2.30. The maximum absolute atomic E-state index is 12.8. The molecule has 8 nitrogen and oxygen atoms in total. The zero-order chi connectivity index (χ0) is 52.9. The van der Waals surface area contributed by atoms with Crippen molar-refractivity contribution in [1.29, 1.82) is 10.7 Å². The summed E-state index contributed by atoms with van der Waals surface area (Å²) >= 11 is 0. The van der Waals surface area contributed by atoms with E-state index in [2.05, 4.69) is 133 Å². The van der Waals surface area contributed by atoms with Gasteiger partial charge in [0.1, 0.15) is 17.3 Å². The predicted molar refractivity (Wildman–Crippen MR) is 307 cm³/mol. The second-order valence-electron chi connectivity index (χ2n) is 21.7. The number of ether oxygens (including phenoxy) is 1. The van der Waals surface area contributed by atoms with Gasteiger partial charge in [-0.15, -0.1) is 0 Å². The number of nitrogens with one attached hydrogen (secondary N) is 1. The van der Waals surface area contributed by atoms with Crippen molar-refractivity contribution in [2.75, 3.05) is 19.6 Å². The highest BCUT2D eigenvalue weighted by atomic mass is 16.6. The first-order valence-electron chi connectivity index (χ1n) is 26.8. The van der Waals surface area contributed by atoms with E-state index in [0.29, 0.717) is 12.4 Å². The normalized spacial score (nSPS) is 13.5. The molecule has 1 amide bonds. The van der Waals surface area contributed by atoms with E-state index in [-0.39, 0.29) is 11.9 Å². The Hall–Kier alpha value is -7.11. The van der Waals surface area contributed by atoms with E-state index >= 15 is 0 Å². The molecule has 2 heterocycles. The Balaban J connectivity index is 0.000000219. The van der Waals surface area contributed by atoms with Crippen LogP contribution in [0.25, 0.3) is 0 Å². The van der Waals surface area contributed by atoms with Crippen LogP contribution in [0.5, 0.6) is 0 Å². The number of nitrogens with zero attached hydrogens (tertiary/aromatic N) is 4. The summed E-state index contributed by atoms with van der Waals surface area (Å²) in [5.41, 5.74) is 28.6. The number of hydrogen-bond acceptors (Lipinski definition) is 6. The molecule has 0 spiro atoms. The van der Waals surface area contributed by atoms with Crippen LogP contribution in [0, 0.1) is 58.3 Å². The highest BCUT2D eigenvalue weighted by Gasteiger charge is 2.28. The summed E-state index contributed by atoms with van der Waals surface area (Å²) in [7, 11) is 0. The molecule has 0 bridgehead atoms. The van der Waals surface area contributed by atoms with Crippen LogP contribution in [-0.2, 0) is 56.1 Å². The molecular formula is C66H78N6O2. The number of nitriles is 1. The van der Waals surface area contributed by atoms with Crippen molar-refractivity contribution in [3.8, 4) is 6.07 Å². The minimum absolute atomic E-state index is 0.130. The highest BCUT2D eigenvalue weighted by molar-refractivity contribution is 6.07. The molecule has 8 rings (SSSR count). The third kappa shape index (κ3) is 15.5. The van der Waals surface area contributed by atoms with Crippen molar-refractivity contribution in [2.24, 2.45) is 15.7 Å². The molecule has 0 saturated carbocycles. The minimum Gasteiger partial charge on any atom is -0.443 e. The van der Waals surface area contributed by atoms with Crippen molar-refractivity contribution in [3.63, 3.8) is 0 Å². The summed E-state index contributed by atoms with van der Waals surface area (Å²) in [5.74, 6) is 0.835. The zero-order valence-corrected chi connectivity index (χ0v) is 45.7. The molecule has 0 fully saturated rings. The minimum atomic E-state index is -0.544. The average Bonchev–Trinajstić information content (AvgIpc) is 3.36. The number of benzene rings is 6. The Morgan fingerprint density at radius 3 is 1.53 bits per heavy atom. The van der Waals surface area contributed by atoms with Crippen molar-refractivity contribution in [3.05, 3.63) is 209 Å². The molecule has 0 atom stereocenters. The van der Waals surface area contributed by atoms with Crippen LogP contribution in [0.15, 0.2) is 119 Å². The molecule has 0 unspecified atom stereocenters. The SMILES string of the molecule is Cc1cc(CCc2ccc(C#N)cc2C)cc(CCc2ccc(C3=NCCCN3C(=O)OC(C)(C)C)cc2C)c1.Cc1cc(CCc2ccc(C(=N)N)cc2C)cc(CCc2ccc(C3=NCCCC3)cc2C)c1. The fourth-order valence-electron chi connectivity index (χ4n) is 10.3. The van der Waals surface area contributed by atoms with Gasteiger partial charge in [-0.25, -0.2) is 4.79 Å². The number of aryl methyl sites for hydroxylation is 14.